The summed E-state index contributed by atoms with van der Waals surface area (Å²) in [7, 11) is -4.53. The molecule has 9 nitrogen and oxygen atoms in total. The summed E-state index contributed by atoms with van der Waals surface area (Å²) in [6.07, 6.45) is 9.55. The second-order valence-electron chi connectivity index (χ2n) is 10.9. The molecule has 0 aliphatic carbocycles. The minimum atomic E-state index is -4.53. The number of hydrogen-bond acceptors (Lipinski definition) is 6. The first-order valence-corrected chi connectivity index (χ1v) is 14.4. The van der Waals surface area contributed by atoms with E-state index in [-0.39, 0.29) is 36.0 Å². The summed E-state index contributed by atoms with van der Waals surface area (Å²) < 4.78 is 33.3. The predicted octanol–water partition coefficient (Wildman–Crippen LogP) is 0.973. The minimum absolute atomic E-state index is 0. The molecular weight excluding hydrogens is 495 g/mol. The van der Waals surface area contributed by atoms with Gasteiger partial charge in [0.05, 0.1) is 15.9 Å². The molecule has 0 fully saturated rings. The summed E-state index contributed by atoms with van der Waals surface area (Å²) in [6, 6.07) is -0.989. The van der Waals surface area contributed by atoms with E-state index in [0.717, 1.165) is 19.3 Å². The van der Waals surface area contributed by atoms with Gasteiger partial charge in [0.25, 0.3) is 0 Å². The van der Waals surface area contributed by atoms with Crippen LogP contribution < -0.4 is 40.2 Å². The van der Waals surface area contributed by atoms with Gasteiger partial charge in [-0.3, -0.25) is 9.59 Å². The number of amides is 2. The van der Waals surface area contributed by atoms with Crippen LogP contribution in [-0.2, 0) is 24.5 Å². The van der Waals surface area contributed by atoms with Crippen LogP contribution in [0, 0.1) is 11.3 Å². The van der Waals surface area contributed by atoms with Crippen molar-refractivity contribution in [1.29, 1.82) is 0 Å². The van der Waals surface area contributed by atoms with Gasteiger partial charge in [-0.25, -0.2) is 13.2 Å². The summed E-state index contributed by atoms with van der Waals surface area (Å²) in [4.78, 5) is 37.4. The van der Waals surface area contributed by atoms with Crippen LogP contribution in [0.5, 0.6) is 0 Å². The third-order valence-corrected chi connectivity index (χ3v) is 7.26. The zero-order chi connectivity index (χ0) is 27.3. The van der Waals surface area contributed by atoms with Gasteiger partial charge in [-0.1, -0.05) is 79.1 Å². The fourth-order valence-corrected chi connectivity index (χ4v) is 5.09. The van der Waals surface area contributed by atoms with Gasteiger partial charge >= 0.3 is 35.5 Å². The van der Waals surface area contributed by atoms with Crippen LogP contribution in [-0.4, -0.2) is 53.2 Å². The average molecular weight is 543 g/mol. The maximum Gasteiger partial charge on any atom is 1.00 e. The number of carbonyl (C=O) groups excluding carboxylic acids is 2. The Morgan fingerprint density at radius 1 is 0.917 bits per heavy atom. The molecule has 11 heteroatoms. The fourth-order valence-electron chi connectivity index (χ4n) is 4.14. The normalized spacial score (nSPS) is 13.9. The van der Waals surface area contributed by atoms with E-state index in [9.17, 15) is 32.5 Å². The van der Waals surface area contributed by atoms with Crippen molar-refractivity contribution in [2.75, 3.05) is 5.75 Å². The summed E-state index contributed by atoms with van der Waals surface area (Å²) in [5.74, 6) is -3.33. The van der Waals surface area contributed by atoms with E-state index >= 15 is 0 Å². The fraction of sp³-hybridized carbons (Fsp3) is 0.880. The molecule has 2 atom stereocenters. The molecule has 0 aromatic heterocycles. The Morgan fingerprint density at radius 2 is 1.42 bits per heavy atom. The van der Waals surface area contributed by atoms with Gasteiger partial charge in [-0.05, 0) is 33.1 Å². The molecule has 0 rings (SSSR count). The smallest absolute Gasteiger partial charge is 0.748 e. The van der Waals surface area contributed by atoms with E-state index in [1.165, 1.54) is 39.5 Å². The largest absolute Gasteiger partial charge is 1.00 e. The molecule has 0 aliphatic rings. The molecule has 0 aliphatic heterocycles. The maximum absolute atomic E-state index is 12.9. The molecule has 206 valence electrons. The molecule has 0 saturated carbocycles. The summed E-state index contributed by atoms with van der Waals surface area (Å²) in [5, 5.41) is 14.8. The molecule has 0 radical (unpaired) electrons. The summed E-state index contributed by atoms with van der Waals surface area (Å²) >= 11 is 0. The van der Waals surface area contributed by atoms with E-state index in [1.54, 1.807) is 20.8 Å². The molecule has 0 bridgehead atoms. The Kier molecular flexibility index (Phi) is 18.5. The number of nitrogens with one attached hydrogen (secondary N) is 2. The van der Waals surface area contributed by atoms with Crippen molar-refractivity contribution < 1.29 is 62.0 Å². The van der Waals surface area contributed by atoms with Crippen LogP contribution in [0.2, 0.25) is 0 Å². The topological polar surface area (TPSA) is 153 Å². The van der Waals surface area contributed by atoms with E-state index in [1.807, 2.05) is 0 Å². The van der Waals surface area contributed by atoms with Crippen molar-refractivity contribution in [3.63, 3.8) is 0 Å². The molecular formula is C25H47N2NaO7S. The number of rotatable bonds is 19. The molecule has 0 saturated heterocycles. The number of carbonyl (C=O) groups is 3. The Morgan fingerprint density at radius 3 is 1.86 bits per heavy atom. The number of hydrogen-bond donors (Lipinski definition) is 3. The van der Waals surface area contributed by atoms with Crippen LogP contribution in [0.15, 0.2) is 0 Å². The van der Waals surface area contributed by atoms with Gasteiger partial charge in [-0.15, -0.1) is 0 Å². The van der Waals surface area contributed by atoms with Crippen LogP contribution >= 0.6 is 0 Å². The number of carboxylic acid groups (broad SMARTS) is 1. The number of carboxylic acids is 1. The Labute approximate surface area is 240 Å². The Balaban J connectivity index is 0. The molecule has 2 unspecified atom stereocenters. The molecule has 0 heterocycles. The zero-order valence-electron chi connectivity index (χ0n) is 23.4. The third-order valence-electron chi connectivity index (χ3n) is 6.18. The van der Waals surface area contributed by atoms with Crippen molar-refractivity contribution in [2.45, 2.75) is 124 Å². The standard InChI is InChI=1S/C25H48N2O7S.Na/c1-7-9-10-11-12-13-14-15-16-20(22(29)30)26-23(31)24(3,4)17-19(8-2)21(28)27-25(5,6)18-35(32,33)34;/h19-20H,7-18H2,1-6H3,(H,26,31)(H,27,28)(H,29,30)(H,32,33,34);/q;+1/p-1. The monoisotopic (exact) mass is 542 g/mol. The van der Waals surface area contributed by atoms with Crippen LogP contribution in [0.25, 0.3) is 0 Å². The number of unbranched alkanes of at least 4 members (excludes halogenated alkanes) is 7. The van der Waals surface area contributed by atoms with Crippen molar-refractivity contribution in [3.8, 4) is 0 Å². The van der Waals surface area contributed by atoms with Crippen LogP contribution in [0.4, 0.5) is 0 Å². The second kappa shape index (κ2) is 17.8. The first kappa shape index (κ1) is 37.5. The van der Waals surface area contributed by atoms with Gasteiger partial charge in [0.15, 0.2) is 0 Å². The molecule has 3 N–H and O–H groups in total. The molecule has 0 aromatic carbocycles. The second-order valence-corrected chi connectivity index (χ2v) is 12.3. The van der Waals surface area contributed by atoms with Crippen molar-refractivity contribution in [3.05, 3.63) is 0 Å². The first-order chi connectivity index (χ1) is 16.0. The minimum Gasteiger partial charge on any atom is -0.748 e. The predicted molar refractivity (Wildman–Crippen MR) is 136 cm³/mol. The summed E-state index contributed by atoms with van der Waals surface area (Å²) in [5.41, 5.74) is -2.28. The van der Waals surface area contributed by atoms with Gasteiger partial charge in [0.2, 0.25) is 11.8 Å². The van der Waals surface area contributed by atoms with E-state index in [2.05, 4.69) is 17.6 Å². The number of aliphatic carboxylic acids is 1. The molecule has 0 aromatic rings. The van der Waals surface area contributed by atoms with Crippen molar-refractivity contribution in [2.24, 2.45) is 11.3 Å². The molecule has 36 heavy (non-hydrogen) atoms. The molecule has 2 amide bonds. The first-order valence-electron chi connectivity index (χ1n) is 12.8. The van der Waals surface area contributed by atoms with Crippen molar-refractivity contribution in [1.82, 2.24) is 10.6 Å². The van der Waals surface area contributed by atoms with Crippen LogP contribution in [0.1, 0.15) is 112 Å². The summed E-state index contributed by atoms with van der Waals surface area (Å²) in [6.45, 7) is 10.2. The Bertz CT molecular complexity index is 785. The average Bonchev–Trinajstić information content (AvgIpc) is 2.70. The van der Waals surface area contributed by atoms with E-state index in [4.69, 9.17) is 0 Å². The van der Waals surface area contributed by atoms with Gasteiger partial charge < -0.3 is 20.3 Å². The van der Waals surface area contributed by atoms with E-state index in [0.29, 0.717) is 19.3 Å². The molecule has 0 spiro atoms. The van der Waals surface area contributed by atoms with Gasteiger partial charge in [0.1, 0.15) is 6.04 Å². The van der Waals surface area contributed by atoms with Gasteiger partial charge in [-0.2, -0.15) is 0 Å². The van der Waals surface area contributed by atoms with Gasteiger partial charge in [0, 0.05) is 16.9 Å². The zero-order valence-corrected chi connectivity index (χ0v) is 26.3. The third kappa shape index (κ3) is 16.9. The van der Waals surface area contributed by atoms with Crippen LogP contribution in [0.3, 0.4) is 0 Å². The Hall–Kier alpha value is -0.680. The van der Waals surface area contributed by atoms with E-state index < -0.39 is 56.6 Å². The quantitative estimate of drug-likeness (QED) is 0.125. The van der Waals surface area contributed by atoms with Crippen molar-refractivity contribution >= 4 is 27.9 Å². The maximum atomic E-state index is 12.9. The SMILES string of the molecule is CCCCCCCCCCC(NC(=O)C(C)(C)CC(CC)C(=O)NC(C)(C)CS(=O)(=O)[O-])C(=O)O.[Na+].